The molecule has 0 aliphatic rings. The molecule has 0 unspecified atom stereocenters. The second-order valence-corrected chi connectivity index (χ2v) is 4.59. The van der Waals surface area contributed by atoms with Gasteiger partial charge >= 0.3 is 5.97 Å². The number of halogens is 1. The van der Waals surface area contributed by atoms with Gasteiger partial charge in [0.15, 0.2) is 0 Å². The number of rotatable bonds is 3. The topological polar surface area (TPSA) is 76.2 Å². The Bertz CT molecular complexity index is 571. The third-order valence-corrected chi connectivity index (χ3v) is 3.23. The van der Waals surface area contributed by atoms with Gasteiger partial charge in [-0.15, -0.1) is 0 Å². The summed E-state index contributed by atoms with van der Waals surface area (Å²) in [5, 5.41) is 9.70. The largest absolute Gasteiger partial charge is 0.481 e. The molecule has 0 aliphatic carbocycles. The van der Waals surface area contributed by atoms with Crippen molar-refractivity contribution in [2.45, 2.75) is 12.5 Å². The molecule has 1 aromatic heterocycles. The number of carboxylic acid groups (broad SMARTS) is 1. The average Bonchev–Trinajstić information content (AvgIpc) is 2.29. The van der Waals surface area contributed by atoms with Gasteiger partial charge in [0.05, 0.1) is 11.9 Å². The molecule has 0 spiro atoms. The second kappa shape index (κ2) is 4.81. The van der Waals surface area contributed by atoms with Crippen molar-refractivity contribution in [2.75, 3.05) is 0 Å². The highest BCUT2D eigenvalue weighted by Gasteiger charge is 2.15. The Hall–Kier alpha value is -1.46. The highest BCUT2D eigenvalue weighted by atomic mass is 79.9. The third kappa shape index (κ3) is 2.45. The van der Waals surface area contributed by atoms with E-state index in [1.807, 2.05) is 24.3 Å². The lowest BCUT2D eigenvalue weighted by molar-refractivity contribution is -0.137. The zero-order chi connectivity index (χ0) is 12.4. The summed E-state index contributed by atoms with van der Waals surface area (Å²) in [5.74, 6) is -0.913. The predicted octanol–water partition coefficient (Wildman–Crippen LogP) is 2.47. The fourth-order valence-electron chi connectivity index (χ4n) is 1.76. The Kier molecular flexibility index (Phi) is 3.40. The normalized spacial score (nSPS) is 12.6. The van der Waals surface area contributed by atoms with Crippen LogP contribution >= 0.6 is 15.9 Å². The summed E-state index contributed by atoms with van der Waals surface area (Å²) in [6.07, 6.45) is 1.57. The summed E-state index contributed by atoms with van der Waals surface area (Å²) < 4.78 is 0.923. The van der Waals surface area contributed by atoms with Crippen molar-refractivity contribution in [3.05, 3.63) is 40.5 Å². The summed E-state index contributed by atoms with van der Waals surface area (Å²) >= 11 is 3.43. The van der Waals surface area contributed by atoms with E-state index in [-0.39, 0.29) is 6.42 Å². The Balaban J connectivity index is 2.55. The van der Waals surface area contributed by atoms with E-state index < -0.39 is 12.0 Å². The van der Waals surface area contributed by atoms with Crippen molar-refractivity contribution in [1.82, 2.24) is 4.98 Å². The molecule has 2 rings (SSSR count). The molecule has 0 saturated heterocycles. The van der Waals surface area contributed by atoms with Crippen molar-refractivity contribution in [1.29, 1.82) is 0 Å². The number of hydrogen-bond acceptors (Lipinski definition) is 3. The van der Waals surface area contributed by atoms with E-state index in [0.717, 1.165) is 20.9 Å². The van der Waals surface area contributed by atoms with Gasteiger partial charge < -0.3 is 10.8 Å². The highest BCUT2D eigenvalue weighted by Crippen LogP contribution is 2.28. The standard InChI is InChI=1S/C12H11BrN2O2/c13-9-4-3-8(10(14)6-11(16)17)12-7(9)2-1-5-15-12/h1-5,10H,6,14H2,(H,16,17)/t10-/m0/s1. The number of pyridine rings is 1. The maximum Gasteiger partial charge on any atom is 0.305 e. The third-order valence-electron chi connectivity index (χ3n) is 2.54. The molecular weight excluding hydrogens is 284 g/mol. The maximum absolute atomic E-state index is 10.7. The molecule has 0 fully saturated rings. The van der Waals surface area contributed by atoms with Gasteiger partial charge in [-0.05, 0) is 17.7 Å². The maximum atomic E-state index is 10.7. The van der Waals surface area contributed by atoms with E-state index in [4.69, 9.17) is 10.8 Å². The molecule has 0 bridgehead atoms. The van der Waals surface area contributed by atoms with Crippen LogP contribution in [-0.4, -0.2) is 16.1 Å². The van der Waals surface area contributed by atoms with Crippen molar-refractivity contribution < 1.29 is 9.90 Å². The number of carboxylic acids is 1. The van der Waals surface area contributed by atoms with E-state index in [1.165, 1.54) is 0 Å². The number of nitrogens with zero attached hydrogens (tertiary/aromatic N) is 1. The van der Waals surface area contributed by atoms with E-state index in [9.17, 15) is 4.79 Å². The number of nitrogens with two attached hydrogens (primary N) is 1. The van der Waals surface area contributed by atoms with Crippen molar-refractivity contribution >= 4 is 32.8 Å². The van der Waals surface area contributed by atoms with Crippen LogP contribution in [-0.2, 0) is 4.79 Å². The predicted molar refractivity (Wildman–Crippen MR) is 68.6 cm³/mol. The van der Waals surface area contributed by atoms with Gasteiger partial charge in [-0.1, -0.05) is 28.1 Å². The minimum Gasteiger partial charge on any atom is -0.481 e. The van der Waals surface area contributed by atoms with Crippen LogP contribution in [0.1, 0.15) is 18.0 Å². The smallest absolute Gasteiger partial charge is 0.305 e. The fraction of sp³-hybridized carbons (Fsp3) is 0.167. The molecular formula is C12H11BrN2O2. The molecule has 4 nitrogen and oxygen atoms in total. The number of aromatic nitrogens is 1. The zero-order valence-electron chi connectivity index (χ0n) is 8.93. The van der Waals surface area contributed by atoms with Gasteiger partial charge in [-0.25, -0.2) is 0 Å². The first-order chi connectivity index (χ1) is 8.09. The molecule has 1 heterocycles. The van der Waals surface area contributed by atoms with Gasteiger partial charge in [0.2, 0.25) is 0 Å². The Labute approximate surface area is 107 Å². The minimum atomic E-state index is -0.913. The minimum absolute atomic E-state index is 0.104. The van der Waals surface area contributed by atoms with Crippen LogP contribution in [0, 0.1) is 0 Å². The summed E-state index contributed by atoms with van der Waals surface area (Å²) in [5.41, 5.74) is 7.38. The van der Waals surface area contributed by atoms with Gasteiger partial charge in [-0.2, -0.15) is 0 Å². The number of benzene rings is 1. The van der Waals surface area contributed by atoms with Crippen LogP contribution in [0.3, 0.4) is 0 Å². The first-order valence-corrected chi connectivity index (χ1v) is 5.89. The average molecular weight is 295 g/mol. The molecule has 1 aromatic carbocycles. The Morgan fingerprint density at radius 3 is 2.94 bits per heavy atom. The molecule has 88 valence electrons. The first-order valence-electron chi connectivity index (χ1n) is 5.10. The molecule has 2 aromatic rings. The van der Waals surface area contributed by atoms with E-state index >= 15 is 0 Å². The highest BCUT2D eigenvalue weighted by molar-refractivity contribution is 9.10. The number of fused-ring (bicyclic) bond motifs is 1. The Morgan fingerprint density at radius 1 is 1.47 bits per heavy atom. The first kappa shape index (κ1) is 12.0. The monoisotopic (exact) mass is 294 g/mol. The van der Waals surface area contributed by atoms with Gasteiger partial charge in [0.25, 0.3) is 0 Å². The van der Waals surface area contributed by atoms with Gasteiger partial charge in [0, 0.05) is 22.1 Å². The lowest BCUT2D eigenvalue weighted by atomic mass is 10.0. The quantitative estimate of drug-likeness (QED) is 0.912. The molecule has 0 saturated carbocycles. The van der Waals surface area contributed by atoms with Crippen molar-refractivity contribution in [2.24, 2.45) is 5.73 Å². The van der Waals surface area contributed by atoms with Crippen LogP contribution < -0.4 is 5.73 Å². The molecule has 0 aliphatic heterocycles. The number of aliphatic carboxylic acids is 1. The van der Waals surface area contributed by atoms with Gasteiger partial charge in [0.1, 0.15) is 0 Å². The Morgan fingerprint density at radius 2 is 2.24 bits per heavy atom. The van der Waals surface area contributed by atoms with Crippen molar-refractivity contribution in [3.63, 3.8) is 0 Å². The van der Waals surface area contributed by atoms with E-state index in [0.29, 0.717) is 0 Å². The van der Waals surface area contributed by atoms with E-state index in [2.05, 4.69) is 20.9 Å². The second-order valence-electron chi connectivity index (χ2n) is 3.74. The number of hydrogen-bond donors (Lipinski definition) is 2. The van der Waals surface area contributed by atoms with Crippen molar-refractivity contribution in [3.8, 4) is 0 Å². The molecule has 5 heteroatoms. The summed E-state index contributed by atoms with van der Waals surface area (Å²) in [4.78, 5) is 14.9. The summed E-state index contributed by atoms with van der Waals surface area (Å²) in [6.45, 7) is 0. The summed E-state index contributed by atoms with van der Waals surface area (Å²) in [7, 11) is 0. The summed E-state index contributed by atoms with van der Waals surface area (Å²) in [6, 6.07) is 6.88. The molecule has 3 N–H and O–H groups in total. The molecule has 0 amide bonds. The molecule has 1 atom stereocenters. The lowest BCUT2D eigenvalue weighted by Gasteiger charge is -2.12. The van der Waals surface area contributed by atoms with Crippen LogP contribution in [0.4, 0.5) is 0 Å². The lowest BCUT2D eigenvalue weighted by Crippen LogP contribution is -2.15. The zero-order valence-corrected chi connectivity index (χ0v) is 10.5. The van der Waals surface area contributed by atoms with E-state index in [1.54, 1.807) is 6.20 Å². The van der Waals surface area contributed by atoms with Crippen LogP contribution in [0.15, 0.2) is 34.9 Å². The van der Waals surface area contributed by atoms with Crippen LogP contribution in [0.25, 0.3) is 10.9 Å². The fourth-order valence-corrected chi connectivity index (χ4v) is 2.21. The SMILES string of the molecule is N[C@@H](CC(=O)O)c1ccc(Br)c2cccnc12. The molecule has 0 radical (unpaired) electrons. The van der Waals surface area contributed by atoms with Gasteiger partial charge in [-0.3, -0.25) is 9.78 Å². The number of carbonyl (C=O) groups is 1. The van der Waals surface area contributed by atoms with Crippen LogP contribution in [0.5, 0.6) is 0 Å². The molecule has 17 heavy (non-hydrogen) atoms. The van der Waals surface area contributed by atoms with Crippen LogP contribution in [0.2, 0.25) is 0 Å².